The number of halogens is 1. The maximum atomic E-state index is 12.7. The Balaban J connectivity index is 1.75. The zero-order chi connectivity index (χ0) is 15.8. The van der Waals surface area contributed by atoms with Gasteiger partial charge in [0.1, 0.15) is 0 Å². The molecule has 2 aliphatic carbocycles. The van der Waals surface area contributed by atoms with Gasteiger partial charge in [-0.05, 0) is 43.5 Å². The summed E-state index contributed by atoms with van der Waals surface area (Å²) in [6.07, 6.45) is 1.18. The standard InChI is InChI=1S/C16H16BrNO4/c1-7-6-8(2-5-11(7)17)18-14(19)12-9-3-4-10(16(9,21)22)13(12)15(18)20/h2,5-6,9-10,12-13,21-22H,3-4H2,1H3/t9-,10+,12-,13+. The Morgan fingerprint density at radius 1 is 1.14 bits per heavy atom. The van der Waals surface area contributed by atoms with Gasteiger partial charge in [-0.3, -0.25) is 14.5 Å². The van der Waals surface area contributed by atoms with Gasteiger partial charge in [0.25, 0.3) is 0 Å². The molecule has 0 spiro atoms. The van der Waals surface area contributed by atoms with Crippen LogP contribution in [-0.4, -0.2) is 27.8 Å². The first-order valence-corrected chi connectivity index (χ1v) is 8.22. The predicted molar refractivity (Wildman–Crippen MR) is 81.7 cm³/mol. The largest absolute Gasteiger partial charge is 0.365 e. The Hall–Kier alpha value is -1.24. The van der Waals surface area contributed by atoms with Gasteiger partial charge in [-0.1, -0.05) is 15.9 Å². The van der Waals surface area contributed by atoms with Crippen LogP contribution >= 0.6 is 15.9 Å². The maximum absolute atomic E-state index is 12.7. The summed E-state index contributed by atoms with van der Waals surface area (Å²) in [5.41, 5.74) is 1.50. The third-order valence-electron chi connectivity index (χ3n) is 5.54. The van der Waals surface area contributed by atoms with Gasteiger partial charge >= 0.3 is 0 Å². The molecule has 1 saturated heterocycles. The number of carbonyl (C=O) groups is 2. The number of fused-ring (bicyclic) bond motifs is 5. The normalized spacial score (nSPS) is 35.4. The fourth-order valence-corrected chi connectivity index (χ4v) is 4.77. The molecule has 2 saturated carbocycles. The molecule has 1 aromatic carbocycles. The summed E-state index contributed by atoms with van der Waals surface area (Å²) >= 11 is 3.41. The van der Waals surface area contributed by atoms with Crippen LogP contribution in [-0.2, 0) is 9.59 Å². The highest BCUT2D eigenvalue weighted by molar-refractivity contribution is 9.10. The zero-order valence-electron chi connectivity index (χ0n) is 12.0. The Labute approximate surface area is 136 Å². The molecule has 0 unspecified atom stereocenters. The molecule has 5 nitrogen and oxygen atoms in total. The summed E-state index contributed by atoms with van der Waals surface area (Å²) in [6, 6.07) is 5.35. The molecule has 3 fully saturated rings. The smallest absolute Gasteiger partial charge is 0.238 e. The lowest BCUT2D eigenvalue weighted by atomic mass is 9.81. The molecule has 2 N–H and O–H groups in total. The van der Waals surface area contributed by atoms with Gasteiger partial charge in [-0.25, -0.2) is 0 Å². The molecule has 1 heterocycles. The number of hydrogen-bond donors (Lipinski definition) is 2. The number of aryl methyl sites for hydroxylation is 1. The van der Waals surface area contributed by atoms with Crippen LogP contribution in [0.5, 0.6) is 0 Å². The molecular weight excluding hydrogens is 350 g/mol. The van der Waals surface area contributed by atoms with E-state index in [0.717, 1.165) is 10.0 Å². The topological polar surface area (TPSA) is 77.8 Å². The first kappa shape index (κ1) is 14.4. The van der Waals surface area contributed by atoms with Crippen molar-refractivity contribution in [2.45, 2.75) is 25.6 Å². The van der Waals surface area contributed by atoms with Crippen molar-refractivity contribution in [3.63, 3.8) is 0 Å². The van der Waals surface area contributed by atoms with E-state index < -0.39 is 29.5 Å². The second-order valence-corrected chi connectivity index (χ2v) is 7.42. The van der Waals surface area contributed by atoms with Crippen LogP contribution in [0.3, 0.4) is 0 Å². The molecule has 4 atom stereocenters. The van der Waals surface area contributed by atoms with E-state index in [-0.39, 0.29) is 11.8 Å². The van der Waals surface area contributed by atoms with Crippen molar-refractivity contribution >= 4 is 33.4 Å². The van der Waals surface area contributed by atoms with Crippen LogP contribution in [0.1, 0.15) is 18.4 Å². The summed E-state index contributed by atoms with van der Waals surface area (Å²) < 4.78 is 0.917. The highest BCUT2D eigenvalue weighted by Crippen LogP contribution is 2.60. The number of carbonyl (C=O) groups excluding carboxylic acids is 2. The van der Waals surface area contributed by atoms with E-state index >= 15 is 0 Å². The molecule has 3 aliphatic rings. The maximum Gasteiger partial charge on any atom is 0.238 e. The van der Waals surface area contributed by atoms with Crippen LogP contribution in [0, 0.1) is 30.6 Å². The minimum Gasteiger partial charge on any atom is -0.365 e. The lowest BCUT2D eigenvalue weighted by Crippen LogP contribution is -2.42. The highest BCUT2D eigenvalue weighted by atomic mass is 79.9. The number of rotatable bonds is 1. The van der Waals surface area contributed by atoms with E-state index in [9.17, 15) is 19.8 Å². The van der Waals surface area contributed by atoms with Gasteiger partial charge in [0.2, 0.25) is 11.8 Å². The van der Waals surface area contributed by atoms with Gasteiger partial charge in [0.05, 0.1) is 17.5 Å². The predicted octanol–water partition coefficient (Wildman–Crippen LogP) is 1.58. The first-order chi connectivity index (χ1) is 10.3. The number of imide groups is 1. The average Bonchev–Trinajstić information content (AvgIpc) is 2.98. The molecule has 2 amide bonds. The molecule has 22 heavy (non-hydrogen) atoms. The number of amides is 2. The molecule has 116 valence electrons. The lowest BCUT2D eigenvalue weighted by molar-refractivity contribution is -0.199. The minimum absolute atomic E-state index is 0.295. The molecule has 0 aromatic heterocycles. The van der Waals surface area contributed by atoms with Crippen molar-refractivity contribution in [3.8, 4) is 0 Å². The monoisotopic (exact) mass is 365 g/mol. The number of hydrogen-bond acceptors (Lipinski definition) is 4. The van der Waals surface area contributed by atoms with E-state index in [2.05, 4.69) is 15.9 Å². The molecule has 1 aliphatic heterocycles. The SMILES string of the molecule is Cc1cc(N2C(=O)[C@@H]3[C@H](C2=O)[C@H]2CC[C@@H]3C2(O)O)ccc1Br. The summed E-state index contributed by atoms with van der Waals surface area (Å²) in [4.78, 5) is 26.7. The Bertz CT molecular complexity index is 669. The highest BCUT2D eigenvalue weighted by Gasteiger charge is 2.71. The Kier molecular flexibility index (Phi) is 2.87. The van der Waals surface area contributed by atoms with E-state index in [1.54, 1.807) is 12.1 Å². The van der Waals surface area contributed by atoms with Gasteiger partial charge in [0.15, 0.2) is 5.79 Å². The Morgan fingerprint density at radius 2 is 1.68 bits per heavy atom. The van der Waals surface area contributed by atoms with E-state index in [0.29, 0.717) is 18.5 Å². The van der Waals surface area contributed by atoms with Crippen molar-refractivity contribution < 1.29 is 19.8 Å². The van der Waals surface area contributed by atoms with Crippen molar-refractivity contribution in [1.29, 1.82) is 0 Å². The second kappa shape index (κ2) is 4.40. The number of aliphatic hydroxyl groups is 2. The van der Waals surface area contributed by atoms with Gasteiger partial charge in [-0.15, -0.1) is 0 Å². The van der Waals surface area contributed by atoms with Crippen LogP contribution in [0.15, 0.2) is 22.7 Å². The number of anilines is 1. The van der Waals surface area contributed by atoms with E-state index in [1.807, 2.05) is 13.0 Å². The molecule has 0 radical (unpaired) electrons. The zero-order valence-corrected chi connectivity index (χ0v) is 13.6. The summed E-state index contributed by atoms with van der Waals surface area (Å²) in [7, 11) is 0. The summed E-state index contributed by atoms with van der Waals surface area (Å²) in [5.74, 6) is -4.70. The van der Waals surface area contributed by atoms with Crippen molar-refractivity contribution in [2.75, 3.05) is 4.90 Å². The molecule has 2 bridgehead atoms. The van der Waals surface area contributed by atoms with Crippen molar-refractivity contribution in [1.82, 2.24) is 0 Å². The first-order valence-electron chi connectivity index (χ1n) is 7.42. The van der Waals surface area contributed by atoms with Crippen LogP contribution < -0.4 is 4.90 Å². The lowest BCUT2D eigenvalue weighted by Gasteiger charge is -2.25. The molecule has 1 aromatic rings. The van der Waals surface area contributed by atoms with Gasteiger partial charge < -0.3 is 10.2 Å². The third kappa shape index (κ3) is 1.60. The summed E-state index contributed by atoms with van der Waals surface area (Å²) in [6.45, 7) is 1.90. The van der Waals surface area contributed by atoms with E-state index in [1.165, 1.54) is 4.90 Å². The van der Waals surface area contributed by atoms with Gasteiger partial charge in [0, 0.05) is 16.3 Å². The summed E-state index contributed by atoms with van der Waals surface area (Å²) in [5, 5.41) is 20.4. The second-order valence-electron chi connectivity index (χ2n) is 6.57. The third-order valence-corrected chi connectivity index (χ3v) is 6.43. The van der Waals surface area contributed by atoms with Crippen LogP contribution in [0.25, 0.3) is 0 Å². The van der Waals surface area contributed by atoms with Crippen LogP contribution in [0.4, 0.5) is 5.69 Å². The fraction of sp³-hybridized carbons (Fsp3) is 0.500. The van der Waals surface area contributed by atoms with Crippen molar-refractivity contribution in [2.24, 2.45) is 23.7 Å². The van der Waals surface area contributed by atoms with E-state index in [4.69, 9.17) is 0 Å². The van der Waals surface area contributed by atoms with Crippen LogP contribution in [0.2, 0.25) is 0 Å². The number of nitrogens with zero attached hydrogens (tertiary/aromatic N) is 1. The average molecular weight is 366 g/mol. The molecule has 6 heteroatoms. The Morgan fingerprint density at radius 3 is 2.18 bits per heavy atom. The molecule has 4 rings (SSSR count). The fourth-order valence-electron chi connectivity index (χ4n) is 4.53. The quantitative estimate of drug-likeness (QED) is 0.585. The minimum atomic E-state index is -1.87. The molecular formula is C16H16BrNO4. The number of benzene rings is 1. The van der Waals surface area contributed by atoms with Crippen molar-refractivity contribution in [3.05, 3.63) is 28.2 Å². The van der Waals surface area contributed by atoms with Gasteiger partial charge in [-0.2, -0.15) is 0 Å².